The van der Waals surface area contributed by atoms with Crippen molar-refractivity contribution in [2.24, 2.45) is 35.5 Å². The Morgan fingerprint density at radius 2 is 0.974 bits per heavy atom. The van der Waals surface area contributed by atoms with Gasteiger partial charge in [0.15, 0.2) is 12.2 Å². The molecule has 8 fully saturated rings. The first-order valence-corrected chi connectivity index (χ1v) is 16.3. The lowest BCUT2D eigenvalue weighted by molar-refractivity contribution is -0.193. The van der Waals surface area contributed by atoms with Gasteiger partial charge in [0.05, 0.1) is 3.57 Å². The van der Waals surface area contributed by atoms with Crippen LogP contribution in [0.15, 0.2) is 18.2 Å². The van der Waals surface area contributed by atoms with Crippen molar-refractivity contribution < 1.29 is 28.5 Å². The molecule has 0 amide bonds. The molecule has 39 heavy (non-hydrogen) atoms. The van der Waals surface area contributed by atoms with Crippen molar-refractivity contribution in [1.29, 1.82) is 0 Å². The maximum Gasteiger partial charge on any atom is 0.347 e. The zero-order valence-corrected chi connectivity index (χ0v) is 25.3. The smallest absolute Gasteiger partial charge is 0.347 e. The summed E-state index contributed by atoms with van der Waals surface area (Å²) in [4.78, 5) is 26.3. The van der Waals surface area contributed by atoms with E-state index in [0.29, 0.717) is 47.0 Å². The minimum Gasteiger partial charge on any atom is -0.478 e. The third kappa shape index (κ3) is 5.07. The third-order valence-corrected chi connectivity index (χ3v) is 11.9. The molecular formula is C32H41IO6. The van der Waals surface area contributed by atoms with Gasteiger partial charge in [-0.3, -0.25) is 0 Å². The van der Waals surface area contributed by atoms with Crippen LogP contribution in [0.4, 0.5) is 0 Å². The molecule has 8 aliphatic carbocycles. The highest BCUT2D eigenvalue weighted by Crippen LogP contribution is 2.58. The van der Waals surface area contributed by atoms with E-state index in [4.69, 9.17) is 18.9 Å². The molecule has 212 valence electrons. The van der Waals surface area contributed by atoms with Crippen LogP contribution in [0.25, 0.3) is 0 Å². The number of ether oxygens (including phenoxy) is 4. The van der Waals surface area contributed by atoms with Crippen LogP contribution in [0, 0.1) is 39.1 Å². The van der Waals surface area contributed by atoms with Gasteiger partial charge in [0.25, 0.3) is 0 Å². The first kappa shape index (κ1) is 26.4. The number of hydrogen-bond donors (Lipinski definition) is 0. The fourth-order valence-corrected chi connectivity index (χ4v) is 10.7. The van der Waals surface area contributed by atoms with E-state index in [1.54, 1.807) is 13.8 Å². The molecule has 8 saturated carbocycles. The summed E-state index contributed by atoms with van der Waals surface area (Å²) in [5.74, 6) is 4.84. The van der Waals surface area contributed by atoms with Crippen molar-refractivity contribution in [3.8, 4) is 11.5 Å². The van der Waals surface area contributed by atoms with Crippen molar-refractivity contribution >= 4 is 34.5 Å². The lowest BCUT2D eigenvalue weighted by atomic mass is 9.54. The van der Waals surface area contributed by atoms with E-state index in [2.05, 4.69) is 22.6 Å². The number of benzene rings is 1. The topological polar surface area (TPSA) is 71.1 Å². The van der Waals surface area contributed by atoms with E-state index in [9.17, 15) is 9.59 Å². The Morgan fingerprint density at radius 1 is 0.667 bits per heavy atom. The normalized spacial score (nSPS) is 40.7. The van der Waals surface area contributed by atoms with Gasteiger partial charge in [0, 0.05) is 0 Å². The number of esters is 2. The predicted molar refractivity (Wildman–Crippen MR) is 153 cm³/mol. The summed E-state index contributed by atoms with van der Waals surface area (Å²) in [6, 6.07) is 5.50. The van der Waals surface area contributed by atoms with Crippen LogP contribution in [0.1, 0.15) is 90.9 Å². The second-order valence-electron chi connectivity index (χ2n) is 14.1. The minimum atomic E-state index is -0.722. The van der Waals surface area contributed by atoms with Gasteiger partial charge in [-0.2, -0.15) is 0 Å². The van der Waals surface area contributed by atoms with E-state index in [1.807, 2.05) is 18.2 Å². The SMILES string of the molecule is C[C@@H](Oc1cccc(O[C@H](C)C(=O)OC23CC4CC(CC(C4)C2)C3)c1I)C(=O)OC12CC3CC(CC(C3)C1)C2. The second-order valence-corrected chi connectivity index (χ2v) is 15.2. The first-order chi connectivity index (χ1) is 18.7. The van der Waals surface area contributed by atoms with Crippen LogP contribution in [0.5, 0.6) is 11.5 Å². The van der Waals surface area contributed by atoms with Gasteiger partial charge in [-0.25, -0.2) is 9.59 Å². The van der Waals surface area contributed by atoms with Crippen LogP contribution in [-0.4, -0.2) is 35.3 Å². The van der Waals surface area contributed by atoms with Crippen molar-refractivity contribution in [3.05, 3.63) is 21.8 Å². The van der Waals surface area contributed by atoms with Gasteiger partial charge < -0.3 is 18.9 Å². The Hall–Kier alpha value is -1.51. The quantitative estimate of drug-likeness (QED) is 0.227. The molecule has 8 aliphatic rings. The number of carbonyl (C=O) groups is 2. The highest BCUT2D eigenvalue weighted by Gasteiger charge is 2.54. The van der Waals surface area contributed by atoms with E-state index in [0.717, 1.165) is 42.1 Å². The molecule has 0 N–H and O–H groups in total. The van der Waals surface area contributed by atoms with Gasteiger partial charge >= 0.3 is 11.9 Å². The zero-order valence-electron chi connectivity index (χ0n) is 23.2. The molecule has 0 radical (unpaired) electrons. The van der Waals surface area contributed by atoms with Crippen LogP contribution < -0.4 is 9.47 Å². The molecule has 0 aromatic heterocycles. The lowest BCUT2D eigenvalue weighted by Crippen LogP contribution is -2.53. The molecule has 6 nitrogen and oxygen atoms in total. The number of hydrogen-bond acceptors (Lipinski definition) is 6. The summed E-state index contributed by atoms with van der Waals surface area (Å²) in [6.45, 7) is 3.52. The maximum absolute atomic E-state index is 13.2. The minimum absolute atomic E-state index is 0.284. The molecule has 2 atom stereocenters. The summed E-state index contributed by atoms with van der Waals surface area (Å²) in [7, 11) is 0. The Morgan fingerprint density at radius 3 is 1.28 bits per heavy atom. The Bertz CT molecular complexity index is 991. The van der Waals surface area contributed by atoms with Gasteiger partial charge in [0.2, 0.25) is 0 Å². The Labute approximate surface area is 245 Å². The fourth-order valence-electron chi connectivity index (χ4n) is 10.1. The summed E-state index contributed by atoms with van der Waals surface area (Å²) in [5, 5.41) is 0. The molecule has 0 aliphatic heterocycles. The number of halogens is 1. The highest BCUT2D eigenvalue weighted by atomic mass is 127. The summed E-state index contributed by atoms with van der Waals surface area (Å²) < 4.78 is 25.4. The largest absolute Gasteiger partial charge is 0.478 e. The van der Waals surface area contributed by atoms with Crippen LogP contribution in [0.3, 0.4) is 0 Å². The van der Waals surface area contributed by atoms with E-state index in [-0.39, 0.29) is 23.1 Å². The first-order valence-electron chi connectivity index (χ1n) is 15.2. The van der Waals surface area contributed by atoms with Gasteiger partial charge in [0.1, 0.15) is 22.7 Å². The molecular weight excluding hydrogens is 607 g/mol. The van der Waals surface area contributed by atoms with Gasteiger partial charge in [-0.1, -0.05) is 6.07 Å². The number of rotatable bonds is 8. The fraction of sp³-hybridized carbons (Fsp3) is 0.750. The van der Waals surface area contributed by atoms with E-state index >= 15 is 0 Å². The average Bonchev–Trinajstić information content (AvgIpc) is 2.84. The van der Waals surface area contributed by atoms with Crippen LogP contribution in [0.2, 0.25) is 0 Å². The monoisotopic (exact) mass is 648 g/mol. The standard InChI is InChI=1S/C32H41IO6/c1-18(29(34)38-31-12-20-6-21(13-31)8-22(7-20)14-31)36-26-4-3-5-27(28(26)33)37-19(2)30(35)39-32-15-23-9-24(16-32)11-25(10-23)17-32/h3-5,18-25H,6-17H2,1-2H3/t18-,19-,20?,21?,22?,23?,24?,25?,31?,32?/m1/s1. The van der Waals surface area contributed by atoms with Gasteiger partial charge in [-0.15, -0.1) is 0 Å². The van der Waals surface area contributed by atoms with Crippen LogP contribution in [-0.2, 0) is 19.1 Å². The summed E-state index contributed by atoms with van der Waals surface area (Å²) in [5.41, 5.74) is -0.567. The Balaban J connectivity index is 0.969. The second kappa shape index (κ2) is 9.80. The molecule has 1 aromatic rings. The molecule has 8 bridgehead atoms. The average molecular weight is 649 g/mol. The molecule has 0 spiro atoms. The van der Waals surface area contributed by atoms with Crippen molar-refractivity contribution in [2.75, 3.05) is 0 Å². The number of carbonyl (C=O) groups excluding carboxylic acids is 2. The van der Waals surface area contributed by atoms with Crippen LogP contribution >= 0.6 is 22.6 Å². The highest BCUT2D eigenvalue weighted by molar-refractivity contribution is 14.1. The summed E-state index contributed by atoms with van der Waals surface area (Å²) in [6.07, 6.45) is 12.5. The molecule has 0 heterocycles. The molecule has 0 unspecified atom stereocenters. The van der Waals surface area contributed by atoms with Crippen molar-refractivity contribution in [1.82, 2.24) is 0 Å². The van der Waals surface area contributed by atoms with Gasteiger partial charge in [-0.05, 0) is 161 Å². The molecule has 1 aromatic carbocycles. The maximum atomic E-state index is 13.2. The van der Waals surface area contributed by atoms with E-state index < -0.39 is 12.2 Å². The molecule has 7 heteroatoms. The predicted octanol–water partition coefficient (Wildman–Crippen LogP) is 6.85. The lowest BCUT2D eigenvalue weighted by Gasteiger charge is -2.55. The Kier molecular flexibility index (Phi) is 6.63. The van der Waals surface area contributed by atoms with Crippen molar-refractivity contribution in [2.45, 2.75) is 114 Å². The third-order valence-electron chi connectivity index (χ3n) is 10.8. The molecule has 0 saturated heterocycles. The zero-order chi connectivity index (χ0) is 26.9. The summed E-state index contributed by atoms with van der Waals surface area (Å²) >= 11 is 2.17. The van der Waals surface area contributed by atoms with Crippen molar-refractivity contribution in [3.63, 3.8) is 0 Å². The van der Waals surface area contributed by atoms with E-state index in [1.165, 1.54) is 38.5 Å². The molecule has 9 rings (SSSR count).